The van der Waals surface area contributed by atoms with Crippen molar-refractivity contribution in [3.05, 3.63) is 11.1 Å². The largest absolute Gasteiger partial charge is 0.302 e. The Balaban J connectivity index is 0.000000921. The van der Waals surface area contributed by atoms with Gasteiger partial charge >= 0.3 is 0 Å². The Kier molecular flexibility index (Phi) is 8.33. The Morgan fingerprint density at radius 2 is 2.27 bits per heavy atom. The van der Waals surface area contributed by atoms with Crippen molar-refractivity contribution in [3.8, 4) is 0 Å². The molecule has 0 aliphatic rings. The number of carbonyl (C=O) groups is 1. The summed E-state index contributed by atoms with van der Waals surface area (Å²) < 4.78 is 0. The van der Waals surface area contributed by atoms with Gasteiger partial charge in [-0.3, -0.25) is 4.79 Å². The number of amides is 1. The number of anilines is 1. The number of hydrogen-bond acceptors (Lipinski definition) is 3. The predicted octanol–water partition coefficient (Wildman–Crippen LogP) is 3.44. The van der Waals surface area contributed by atoms with Crippen molar-refractivity contribution in [2.75, 3.05) is 11.2 Å². The molecular weight excluding hydrogens is 232 g/mol. The van der Waals surface area contributed by atoms with Crippen molar-refractivity contribution in [2.24, 2.45) is 0 Å². The number of carbonyl (C=O) groups excluding carboxylic acids is 1. The lowest BCUT2D eigenvalue weighted by molar-refractivity contribution is -0.116. The molecule has 0 aromatic carbocycles. The molecule has 15 heavy (non-hydrogen) atoms. The molecule has 1 rings (SSSR count). The first kappa shape index (κ1) is 14.4. The van der Waals surface area contributed by atoms with Gasteiger partial charge in [-0.1, -0.05) is 13.8 Å². The highest BCUT2D eigenvalue weighted by atomic mass is 35.5. The number of hydrogen-bond donors (Lipinski definition) is 1. The normalized spacial score (nSPS) is 9.07. The molecule has 0 bridgehead atoms. The van der Waals surface area contributed by atoms with Crippen molar-refractivity contribution in [3.63, 3.8) is 0 Å². The molecule has 1 heterocycles. The van der Waals surface area contributed by atoms with Crippen LogP contribution in [0.15, 0.2) is 5.38 Å². The summed E-state index contributed by atoms with van der Waals surface area (Å²) in [5, 5.41) is 5.27. The van der Waals surface area contributed by atoms with Crippen LogP contribution in [0.1, 0.15) is 32.4 Å². The summed E-state index contributed by atoms with van der Waals surface area (Å²) in [6.07, 6.45) is 1.17. The van der Waals surface area contributed by atoms with E-state index < -0.39 is 0 Å². The van der Waals surface area contributed by atoms with Crippen molar-refractivity contribution in [2.45, 2.75) is 33.6 Å². The van der Waals surface area contributed by atoms with Crippen molar-refractivity contribution < 1.29 is 4.79 Å². The second-order valence-electron chi connectivity index (χ2n) is 2.63. The fourth-order valence-electron chi connectivity index (χ4n) is 0.821. The SMILES string of the molecule is CC.Cc1csc(NC(=O)CCCCl)n1. The van der Waals surface area contributed by atoms with Gasteiger partial charge in [0.2, 0.25) is 5.91 Å². The number of halogens is 1. The second-order valence-corrected chi connectivity index (χ2v) is 3.87. The summed E-state index contributed by atoms with van der Waals surface area (Å²) in [6, 6.07) is 0. The minimum Gasteiger partial charge on any atom is -0.302 e. The minimum atomic E-state index is -0.0185. The minimum absolute atomic E-state index is 0.0185. The van der Waals surface area contributed by atoms with Gasteiger partial charge in [-0.05, 0) is 13.3 Å². The van der Waals surface area contributed by atoms with Crippen LogP contribution in [0.25, 0.3) is 0 Å². The number of nitrogens with zero attached hydrogens (tertiary/aromatic N) is 1. The Hall–Kier alpha value is -0.610. The molecule has 0 aliphatic carbocycles. The standard InChI is InChI=1S/C8H11ClN2OS.C2H6/c1-6-5-13-8(10-6)11-7(12)3-2-4-9;1-2/h5H,2-4H2,1H3,(H,10,11,12);1-2H3. The highest BCUT2D eigenvalue weighted by Gasteiger charge is 2.03. The van der Waals surface area contributed by atoms with Crippen LogP contribution >= 0.6 is 22.9 Å². The van der Waals surface area contributed by atoms with Crippen LogP contribution in [0.3, 0.4) is 0 Å². The molecular formula is C10H17ClN2OS. The van der Waals surface area contributed by atoms with E-state index in [2.05, 4.69) is 10.3 Å². The zero-order valence-electron chi connectivity index (χ0n) is 9.34. The first-order chi connectivity index (χ1) is 7.22. The molecule has 0 saturated carbocycles. The molecule has 1 aromatic heterocycles. The van der Waals surface area contributed by atoms with Gasteiger partial charge in [-0.25, -0.2) is 4.98 Å². The Bertz CT molecular complexity index is 289. The van der Waals surface area contributed by atoms with Crippen LogP contribution in [0.4, 0.5) is 5.13 Å². The summed E-state index contributed by atoms with van der Waals surface area (Å²) >= 11 is 6.89. The third-order valence-electron chi connectivity index (χ3n) is 1.40. The summed E-state index contributed by atoms with van der Waals surface area (Å²) in [7, 11) is 0. The number of aryl methyl sites for hydroxylation is 1. The average Bonchev–Trinajstić information content (AvgIpc) is 2.64. The van der Waals surface area contributed by atoms with Crippen molar-refractivity contribution in [1.82, 2.24) is 4.98 Å². The molecule has 0 radical (unpaired) electrons. The van der Waals surface area contributed by atoms with E-state index in [1.165, 1.54) is 11.3 Å². The van der Waals surface area contributed by atoms with Crippen LogP contribution in [0.5, 0.6) is 0 Å². The number of thiazole rings is 1. The van der Waals surface area contributed by atoms with Gasteiger partial charge in [0.1, 0.15) is 0 Å². The molecule has 1 amide bonds. The first-order valence-electron chi connectivity index (χ1n) is 5.00. The molecule has 5 heteroatoms. The van der Waals surface area contributed by atoms with E-state index in [0.29, 0.717) is 23.9 Å². The number of aromatic nitrogens is 1. The quantitative estimate of drug-likeness (QED) is 0.830. The van der Waals surface area contributed by atoms with E-state index in [4.69, 9.17) is 11.6 Å². The van der Waals surface area contributed by atoms with Crippen LogP contribution in [-0.2, 0) is 4.79 Å². The van der Waals surface area contributed by atoms with E-state index in [1.807, 2.05) is 26.2 Å². The number of nitrogens with one attached hydrogen (secondary N) is 1. The highest BCUT2D eigenvalue weighted by molar-refractivity contribution is 7.13. The predicted molar refractivity (Wildman–Crippen MR) is 66.8 cm³/mol. The van der Waals surface area contributed by atoms with Gasteiger partial charge in [0, 0.05) is 17.7 Å². The maximum absolute atomic E-state index is 11.2. The van der Waals surface area contributed by atoms with E-state index in [0.717, 1.165) is 5.69 Å². The lowest BCUT2D eigenvalue weighted by Crippen LogP contribution is -2.10. The molecule has 0 fully saturated rings. The lowest BCUT2D eigenvalue weighted by Gasteiger charge is -1.98. The van der Waals surface area contributed by atoms with Gasteiger partial charge in [0.05, 0.1) is 5.69 Å². The van der Waals surface area contributed by atoms with Gasteiger partial charge in [-0.2, -0.15) is 0 Å². The molecule has 0 unspecified atom stereocenters. The topological polar surface area (TPSA) is 42.0 Å². The van der Waals surface area contributed by atoms with Gasteiger partial charge < -0.3 is 5.32 Å². The van der Waals surface area contributed by atoms with Crippen molar-refractivity contribution in [1.29, 1.82) is 0 Å². The molecule has 0 saturated heterocycles. The summed E-state index contributed by atoms with van der Waals surface area (Å²) in [6.45, 7) is 5.89. The maximum atomic E-state index is 11.2. The Morgan fingerprint density at radius 3 is 2.73 bits per heavy atom. The van der Waals surface area contributed by atoms with Gasteiger partial charge in [-0.15, -0.1) is 22.9 Å². The lowest BCUT2D eigenvalue weighted by atomic mass is 10.3. The summed E-state index contributed by atoms with van der Waals surface area (Å²) in [4.78, 5) is 15.3. The first-order valence-corrected chi connectivity index (χ1v) is 6.41. The van der Waals surface area contributed by atoms with Gasteiger partial charge in [0.25, 0.3) is 0 Å². The third kappa shape index (κ3) is 6.47. The molecule has 0 spiro atoms. The van der Waals surface area contributed by atoms with Crippen LogP contribution < -0.4 is 5.32 Å². The van der Waals surface area contributed by atoms with E-state index in [9.17, 15) is 4.79 Å². The maximum Gasteiger partial charge on any atom is 0.226 e. The molecule has 0 aliphatic heterocycles. The monoisotopic (exact) mass is 248 g/mol. The number of rotatable bonds is 4. The van der Waals surface area contributed by atoms with Crippen LogP contribution in [0, 0.1) is 6.92 Å². The zero-order chi connectivity index (χ0) is 11.7. The summed E-state index contributed by atoms with van der Waals surface area (Å²) in [5.74, 6) is 0.500. The molecule has 1 aromatic rings. The molecule has 1 N–H and O–H groups in total. The van der Waals surface area contributed by atoms with Gasteiger partial charge in [0.15, 0.2) is 5.13 Å². The van der Waals surface area contributed by atoms with E-state index in [-0.39, 0.29) is 5.91 Å². The van der Waals surface area contributed by atoms with Crippen LogP contribution in [0.2, 0.25) is 0 Å². The molecule has 3 nitrogen and oxygen atoms in total. The highest BCUT2D eigenvalue weighted by Crippen LogP contribution is 2.14. The second kappa shape index (κ2) is 8.68. The smallest absolute Gasteiger partial charge is 0.226 e. The Morgan fingerprint density at radius 1 is 1.60 bits per heavy atom. The summed E-state index contributed by atoms with van der Waals surface area (Å²) in [5.41, 5.74) is 0.928. The van der Waals surface area contributed by atoms with E-state index >= 15 is 0 Å². The zero-order valence-corrected chi connectivity index (χ0v) is 10.9. The Labute approximate surface area is 99.9 Å². The van der Waals surface area contributed by atoms with E-state index in [1.54, 1.807) is 0 Å². The fraction of sp³-hybridized carbons (Fsp3) is 0.600. The third-order valence-corrected chi connectivity index (χ3v) is 2.55. The fourth-order valence-corrected chi connectivity index (χ4v) is 1.66. The molecule has 0 atom stereocenters. The average molecular weight is 249 g/mol. The van der Waals surface area contributed by atoms with Crippen molar-refractivity contribution >= 4 is 34.0 Å². The number of alkyl halides is 1. The van der Waals surface area contributed by atoms with Crippen LogP contribution in [-0.4, -0.2) is 16.8 Å². The molecule has 86 valence electrons.